The lowest BCUT2D eigenvalue weighted by atomic mass is 9.98. The number of hydrogen-bond donors (Lipinski definition) is 0. The third-order valence-electron chi connectivity index (χ3n) is 3.31. The van der Waals surface area contributed by atoms with Crippen molar-refractivity contribution >= 4 is 11.8 Å². The number of hydrogen-bond acceptors (Lipinski definition) is 1. The van der Waals surface area contributed by atoms with Gasteiger partial charge in [-0.15, -0.1) is 11.8 Å². The second-order valence-electron chi connectivity index (χ2n) is 4.65. The first-order valence-corrected chi connectivity index (χ1v) is 7.55. The van der Waals surface area contributed by atoms with Crippen molar-refractivity contribution in [2.24, 2.45) is 0 Å². The molecule has 0 aromatic heterocycles. The molecule has 0 saturated carbocycles. The van der Waals surface area contributed by atoms with Crippen molar-refractivity contribution in [2.75, 3.05) is 0 Å². The lowest BCUT2D eigenvalue weighted by Gasteiger charge is -2.09. The molecule has 0 bridgehead atoms. The Balaban J connectivity index is 1.94. The van der Waals surface area contributed by atoms with Gasteiger partial charge in [0.1, 0.15) is 0 Å². The minimum atomic E-state index is 0.667. The maximum absolute atomic E-state index is 2.29. The Labute approximate surface area is 114 Å². The normalized spacial score (nSPS) is 12.3. The van der Waals surface area contributed by atoms with Crippen molar-refractivity contribution in [2.45, 2.75) is 36.8 Å². The zero-order valence-electron chi connectivity index (χ0n) is 11.1. The van der Waals surface area contributed by atoms with E-state index in [1.165, 1.54) is 22.4 Å². The highest BCUT2D eigenvalue weighted by Crippen LogP contribution is 2.24. The summed E-state index contributed by atoms with van der Waals surface area (Å²) in [6.07, 6.45) is 1.21. The first kappa shape index (κ1) is 13.2. The van der Waals surface area contributed by atoms with E-state index in [-0.39, 0.29) is 0 Å². The van der Waals surface area contributed by atoms with E-state index in [4.69, 9.17) is 0 Å². The Morgan fingerprint density at radius 2 is 1.61 bits per heavy atom. The van der Waals surface area contributed by atoms with Crippen LogP contribution in [0.1, 0.15) is 37.3 Å². The van der Waals surface area contributed by atoms with Crippen molar-refractivity contribution in [3.63, 3.8) is 0 Å². The SMILES string of the molecule is CCC(C)c1ccc(CSc2ccccc2)cc1. The van der Waals surface area contributed by atoms with Crippen molar-refractivity contribution in [3.05, 3.63) is 65.7 Å². The minimum absolute atomic E-state index is 0.667. The van der Waals surface area contributed by atoms with Gasteiger partial charge in [-0.05, 0) is 35.6 Å². The van der Waals surface area contributed by atoms with Crippen LogP contribution in [0, 0.1) is 0 Å². The molecule has 0 aliphatic rings. The van der Waals surface area contributed by atoms with Crippen LogP contribution in [0.3, 0.4) is 0 Å². The summed E-state index contributed by atoms with van der Waals surface area (Å²) >= 11 is 1.89. The van der Waals surface area contributed by atoms with Gasteiger partial charge in [0.25, 0.3) is 0 Å². The molecule has 0 spiro atoms. The molecule has 0 nitrogen and oxygen atoms in total. The molecule has 0 fully saturated rings. The smallest absolute Gasteiger partial charge is 0.0231 e. The van der Waals surface area contributed by atoms with E-state index in [0.29, 0.717) is 5.92 Å². The number of thioether (sulfide) groups is 1. The van der Waals surface area contributed by atoms with Gasteiger partial charge in [-0.3, -0.25) is 0 Å². The summed E-state index contributed by atoms with van der Waals surface area (Å²) in [7, 11) is 0. The maximum Gasteiger partial charge on any atom is 0.0231 e. The predicted molar refractivity (Wildman–Crippen MR) is 81.2 cm³/mol. The van der Waals surface area contributed by atoms with Crippen LogP contribution in [0.5, 0.6) is 0 Å². The standard InChI is InChI=1S/C17H20S/c1-3-14(2)16-11-9-15(10-12-16)13-18-17-7-5-4-6-8-17/h4-12,14H,3,13H2,1-2H3. The zero-order chi connectivity index (χ0) is 12.8. The molecule has 94 valence electrons. The van der Waals surface area contributed by atoms with Crippen LogP contribution in [0.2, 0.25) is 0 Å². The monoisotopic (exact) mass is 256 g/mol. The fourth-order valence-electron chi connectivity index (χ4n) is 1.86. The lowest BCUT2D eigenvalue weighted by Crippen LogP contribution is -1.91. The molecule has 0 amide bonds. The second kappa shape index (κ2) is 6.65. The first-order valence-electron chi connectivity index (χ1n) is 6.56. The largest absolute Gasteiger partial charge is 0.121 e. The third kappa shape index (κ3) is 3.64. The van der Waals surface area contributed by atoms with E-state index in [9.17, 15) is 0 Å². The summed E-state index contributed by atoms with van der Waals surface area (Å²) in [5, 5.41) is 0. The van der Waals surface area contributed by atoms with Crippen LogP contribution < -0.4 is 0 Å². The molecule has 0 aliphatic carbocycles. The van der Waals surface area contributed by atoms with E-state index in [2.05, 4.69) is 68.4 Å². The molecule has 1 unspecified atom stereocenters. The fourth-order valence-corrected chi connectivity index (χ4v) is 2.74. The van der Waals surface area contributed by atoms with Crippen LogP contribution in [0.25, 0.3) is 0 Å². The summed E-state index contributed by atoms with van der Waals surface area (Å²) in [4.78, 5) is 1.34. The average molecular weight is 256 g/mol. The summed E-state index contributed by atoms with van der Waals surface area (Å²) in [6.45, 7) is 4.53. The minimum Gasteiger partial charge on any atom is -0.121 e. The van der Waals surface area contributed by atoms with Crippen molar-refractivity contribution in [1.82, 2.24) is 0 Å². The van der Waals surface area contributed by atoms with Crippen molar-refractivity contribution in [1.29, 1.82) is 0 Å². The van der Waals surface area contributed by atoms with Gasteiger partial charge in [-0.25, -0.2) is 0 Å². The number of benzene rings is 2. The van der Waals surface area contributed by atoms with Crippen LogP contribution in [0.4, 0.5) is 0 Å². The van der Waals surface area contributed by atoms with E-state index < -0.39 is 0 Å². The Morgan fingerprint density at radius 1 is 0.944 bits per heavy atom. The lowest BCUT2D eigenvalue weighted by molar-refractivity contribution is 0.733. The fraction of sp³-hybridized carbons (Fsp3) is 0.294. The van der Waals surface area contributed by atoms with Crippen LogP contribution in [0.15, 0.2) is 59.5 Å². The quantitative estimate of drug-likeness (QED) is 0.637. The number of rotatable bonds is 5. The van der Waals surface area contributed by atoms with Gasteiger partial charge in [0.2, 0.25) is 0 Å². The van der Waals surface area contributed by atoms with Crippen molar-refractivity contribution in [3.8, 4) is 0 Å². The van der Waals surface area contributed by atoms with Gasteiger partial charge in [-0.2, -0.15) is 0 Å². The predicted octanol–water partition coefficient (Wildman–Crippen LogP) is 5.49. The Morgan fingerprint density at radius 3 is 2.22 bits per heavy atom. The molecule has 0 radical (unpaired) electrons. The molecule has 0 aliphatic heterocycles. The maximum atomic E-state index is 2.29. The average Bonchev–Trinajstić information content (AvgIpc) is 2.46. The highest BCUT2D eigenvalue weighted by Gasteiger charge is 2.02. The van der Waals surface area contributed by atoms with Gasteiger partial charge < -0.3 is 0 Å². The summed E-state index contributed by atoms with van der Waals surface area (Å²) in [5.74, 6) is 1.71. The van der Waals surface area contributed by atoms with Crippen LogP contribution in [-0.2, 0) is 5.75 Å². The van der Waals surface area contributed by atoms with E-state index >= 15 is 0 Å². The Kier molecular flexibility index (Phi) is 4.89. The Bertz CT molecular complexity index is 459. The summed E-state index contributed by atoms with van der Waals surface area (Å²) in [5.41, 5.74) is 2.85. The van der Waals surface area contributed by atoms with E-state index in [1.807, 2.05) is 11.8 Å². The van der Waals surface area contributed by atoms with Gasteiger partial charge in [0.15, 0.2) is 0 Å². The van der Waals surface area contributed by atoms with Gasteiger partial charge in [0.05, 0.1) is 0 Å². The van der Waals surface area contributed by atoms with Crippen LogP contribution in [-0.4, -0.2) is 0 Å². The van der Waals surface area contributed by atoms with Gasteiger partial charge in [-0.1, -0.05) is 56.3 Å². The summed E-state index contributed by atoms with van der Waals surface area (Å²) < 4.78 is 0. The highest BCUT2D eigenvalue weighted by atomic mass is 32.2. The molecular weight excluding hydrogens is 236 g/mol. The Hall–Kier alpha value is -1.21. The topological polar surface area (TPSA) is 0 Å². The molecule has 0 N–H and O–H groups in total. The van der Waals surface area contributed by atoms with Gasteiger partial charge in [0, 0.05) is 10.6 Å². The van der Waals surface area contributed by atoms with E-state index in [0.717, 1.165) is 5.75 Å². The third-order valence-corrected chi connectivity index (χ3v) is 4.39. The molecule has 1 heteroatoms. The molecule has 2 aromatic rings. The molecule has 0 heterocycles. The first-order chi connectivity index (χ1) is 8.79. The highest BCUT2D eigenvalue weighted by molar-refractivity contribution is 7.98. The molecular formula is C17H20S. The molecule has 1 atom stereocenters. The molecule has 2 aromatic carbocycles. The second-order valence-corrected chi connectivity index (χ2v) is 5.70. The van der Waals surface area contributed by atoms with Crippen LogP contribution >= 0.6 is 11.8 Å². The van der Waals surface area contributed by atoms with Gasteiger partial charge >= 0.3 is 0 Å². The summed E-state index contributed by atoms with van der Waals surface area (Å²) in [6, 6.07) is 19.6. The molecule has 0 saturated heterocycles. The zero-order valence-corrected chi connectivity index (χ0v) is 11.9. The molecule has 18 heavy (non-hydrogen) atoms. The van der Waals surface area contributed by atoms with Crippen molar-refractivity contribution < 1.29 is 0 Å². The van der Waals surface area contributed by atoms with E-state index in [1.54, 1.807) is 0 Å². The molecule has 2 rings (SSSR count).